The van der Waals surface area contributed by atoms with Crippen LogP contribution in [-0.4, -0.2) is 18.0 Å². The van der Waals surface area contributed by atoms with Crippen LogP contribution < -0.4 is 4.74 Å². The second kappa shape index (κ2) is 4.28. The normalized spacial score (nSPS) is 9.14. The molecule has 0 aliphatic rings. The van der Waals surface area contributed by atoms with Crippen molar-refractivity contribution in [2.45, 2.75) is 6.42 Å². The topological polar surface area (TPSA) is 70.3 Å². The van der Waals surface area contributed by atoms with Crippen molar-refractivity contribution in [2.75, 3.05) is 7.11 Å². The third kappa shape index (κ3) is 2.02. The van der Waals surface area contributed by atoms with Gasteiger partial charge in [-0.3, -0.25) is 4.79 Å². The van der Waals surface area contributed by atoms with Gasteiger partial charge in [-0.05, 0) is 18.2 Å². The number of phenolic OH excluding ortho intramolecular Hbond substituents is 1. The Balaban J connectivity index is 3.01. The number of Topliss-reactive ketones (excluding diaryl/α,β-unsaturated/α-hetero) is 1. The molecule has 0 spiro atoms. The number of carbonyl (C=O) groups excluding carboxylic acids is 1. The number of hydrogen-bond acceptors (Lipinski definition) is 4. The van der Waals surface area contributed by atoms with Gasteiger partial charge in [-0.2, -0.15) is 5.26 Å². The van der Waals surface area contributed by atoms with Crippen LogP contribution in [0.2, 0.25) is 0 Å². The van der Waals surface area contributed by atoms with Gasteiger partial charge in [0.1, 0.15) is 0 Å². The minimum Gasteiger partial charge on any atom is -0.504 e. The molecule has 0 aliphatic carbocycles. The molecule has 0 amide bonds. The highest BCUT2D eigenvalue weighted by Crippen LogP contribution is 2.26. The first kappa shape index (κ1) is 10.1. The minimum atomic E-state index is -0.286. The van der Waals surface area contributed by atoms with Crippen LogP contribution in [0.5, 0.6) is 11.5 Å². The SMILES string of the molecule is COc1cc(C(=O)CC#N)ccc1O. The van der Waals surface area contributed by atoms with Crippen LogP contribution in [-0.2, 0) is 0 Å². The predicted octanol–water partition coefficient (Wildman–Crippen LogP) is 1.50. The third-order valence-corrected chi connectivity index (χ3v) is 1.74. The summed E-state index contributed by atoms with van der Waals surface area (Å²) in [7, 11) is 1.40. The molecule has 4 heteroatoms. The Bertz CT molecular complexity index is 393. The summed E-state index contributed by atoms with van der Waals surface area (Å²) in [6.45, 7) is 0. The zero-order valence-electron chi connectivity index (χ0n) is 7.65. The van der Waals surface area contributed by atoms with Crippen molar-refractivity contribution >= 4 is 5.78 Å². The predicted molar refractivity (Wildman–Crippen MR) is 49.2 cm³/mol. The van der Waals surface area contributed by atoms with Crippen LogP contribution in [0.25, 0.3) is 0 Å². The van der Waals surface area contributed by atoms with Gasteiger partial charge >= 0.3 is 0 Å². The number of benzene rings is 1. The highest BCUT2D eigenvalue weighted by Gasteiger charge is 2.08. The number of methoxy groups -OCH3 is 1. The van der Waals surface area contributed by atoms with Crippen molar-refractivity contribution in [3.8, 4) is 17.6 Å². The first-order valence-electron chi connectivity index (χ1n) is 3.96. The molecule has 0 aliphatic heterocycles. The van der Waals surface area contributed by atoms with Gasteiger partial charge in [0.05, 0.1) is 19.6 Å². The molecule has 0 radical (unpaired) electrons. The van der Waals surface area contributed by atoms with Crippen LogP contribution in [0, 0.1) is 11.3 Å². The average molecular weight is 191 g/mol. The van der Waals surface area contributed by atoms with Crippen LogP contribution in [0.3, 0.4) is 0 Å². The first-order valence-corrected chi connectivity index (χ1v) is 3.96. The summed E-state index contributed by atoms with van der Waals surface area (Å²) in [5.74, 6) is -0.0828. The Kier molecular flexibility index (Phi) is 3.08. The number of hydrogen-bond donors (Lipinski definition) is 1. The van der Waals surface area contributed by atoms with E-state index in [4.69, 9.17) is 10.00 Å². The van der Waals surface area contributed by atoms with E-state index in [9.17, 15) is 9.90 Å². The lowest BCUT2D eigenvalue weighted by atomic mass is 10.1. The molecule has 1 rings (SSSR count). The molecule has 0 atom stereocenters. The summed E-state index contributed by atoms with van der Waals surface area (Å²) in [6.07, 6.45) is -0.173. The van der Waals surface area contributed by atoms with E-state index in [0.29, 0.717) is 5.56 Å². The number of ether oxygens (including phenoxy) is 1. The van der Waals surface area contributed by atoms with Crippen molar-refractivity contribution < 1.29 is 14.6 Å². The number of aromatic hydroxyl groups is 1. The van der Waals surface area contributed by atoms with Crippen LogP contribution in [0.15, 0.2) is 18.2 Å². The molecule has 0 saturated carbocycles. The van der Waals surface area contributed by atoms with Gasteiger partial charge in [-0.25, -0.2) is 0 Å². The Morgan fingerprint density at radius 1 is 1.64 bits per heavy atom. The van der Waals surface area contributed by atoms with Crippen LogP contribution in [0.4, 0.5) is 0 Å². The van der Waals surface area contributed by atoms with Crippen LogP contribution >= 0.6 is 0 Å². The molecule has 0 aromatic heterocycles. The lowest BCUT2D eigenvalue weighted by Crippen LogP contribution is -1.97. The second-order valence-corrected chi connectivity index (χ2v) is 2.64. The van der Waals surface area contributed by atoms with E-state index in [1.165, 1.54) is 25.3 Å². The molecule has 0 saturated heterocycles. The number of rotatable bonds is 3. The van der Waals surface area contributed by atoms with Gasteiger partial charge in [0.25, 0.3) is 0 Å². The van der Waals surface area contributed by atoms with E-state index in [2.05, 4.69) is 0 Å². The Hall–Kier alpha value is -2.02. The zero-order chi connectivity index (χ0) is 10.6. The summed E-state index contributed by atoms with van der Waals surface area (Å²) < 4.78 is 4.83. The van der Waals surface area contributed by atoms with E-state index in [1.807, 2.05) is 0 Å². The van der Waals surface area contributed by atoms with E-state index in [-0.39, 0.29) is 23.7 Å². The fourth-order valence-corrected chi connectivity index (χ4v) is 1.02. The van der Waals surface area contributed by atoms with Crippen molar-refractivity contribution in [3.05, 3.63) is 23.8 Å². The third-order valence-electron chi connectivity index (χ3n) is 1.74. The van der Waals surface area contributed by atoms with Gasteiger partial charge in [-0.15, -0.1) is 0 Å². The first-order chi connectivity index (χ1) is 6.69. The molecule has 0 unspecified atom stereocenters. The smallest absolute Gasteiger partial charge is 0.177 e. The largest absolute Gasteiger partial charge is 0.504 e. The number of nitriles is 1. The van der Waals surface area contributed by atoms with E-state index in [1.54, 1.807) is 6.07 Å². The van der Waals surface area contributed by atoms with Gasteiger partial charge < -0.3 is 9.84 Å². The maximum atomic E-state index is 11.3. The zero-order valence-corrected chi connectivity index (χ0v) is 7.65. The molecule has 4 nitrogen and oxygen atoms in total. The van der Waals surface area contributed by atoms with E-state index in [0.717, 1.165) is 0 Å². The van der Waals surface area contributed by atoms with Gasteiger partial charge in [0.15, 0.2) is 17.3 Å². The molecule has 0 bridgehead atoms. The number of nitrogens with zero attached hydrogens (tertiary/aromatic N) is 1. The monoisotopic (exact) mass is 191 g/mol. The second-order valence-electron chi connectivity index (χ2n) is 2.64. The Labute approximate surface area is 81.4 Å². The average Bonchev–Trinajstić information content (AvgIpc) is 2.19. The summed E-state index contributed by atoms with van der Waals surface area (Å²) in [6, 6.07) is 6.00. The lowest BCUT2D eigenvalue weighted by molar-refractivity contribution is 0.0997. The fourth-order valence-electron chi connectivity index (χ4n) is 1.02. The van der Waals surface area contributed by atoms with Crippen molar-refractivity contribution in [3.63, 3.8) is 0 Å². The Morgan fingerprint density at radius 2 is 2.36 bits per heavy atom. The summed E-state index contributed by atoms with van der Waals surface area (Å²) in [5.41, 5.74) is 0.362. The quantitative estimate of drug-likeness (QED) is 0.735. The number of phenols is 1. The molecule has 1 aromatic rings. The van der Waals surface area contributed by atoms with E-state index >= 15 is 0 Å². The molecule has 14 heavy (non-hydrogen) atoms. The van der Waals surface area contributed by atoms with Crippen LogP contribution in [0.1, 0.15) is 16.8 Å². The highest BCUT2D eigenvalue weighted by molar-refractivity contribution is 5.97. The number of ketones is 1. The highest BCUT2D eigenvalue weighted by atomic mass is 16.5. The molecule has 1 N–H and O–H groups in total. The standard InChI is InChI=1S/C10H9NO3/c1-14-10-6-7(2-3-9(10)13)8(12)4-5-11/h2-3,6,13H,4H2,1H3. The molecule has 0 heterocycles. The minimum absolute atomic E-state index is 0.0268. The lowest BCUT2D eigenvalue weighted by Gasteiger charge is -2.04. The van der Waals surface area contributed by atoms with Crippen molar-refractivity contribution in [1.82, 2.24) is 0 Å². The summed E-state index contributed by atoms with van der Waals surface area (Å²) in [5, 5.41) is 17.6. The summed E-state index contributed by atoms with van der Waals surface area (Å²) in [4.78, 5) is 11.3. The number of carbonyl (C=O) groups is 1. The van der Waals surface area contributed by atoms with Gasteiger partial charge in [-0.1, -0.05) is 0 Å². The molecular formula is C10H9NO3. The maximum absolute atomic E-state index is 11.3. The maximum Gasteiger partial charge on any atom is 0.177 e. The molecular weight excluding hydrogens is 182 g/mol. The van der Waals surface area contributed by atoms with Crippen molar-refractivity contribution in [1.29, 1.82) is 5.26 Å². The molecule has 72 valence electrons. The summed E-state index contributed by atoms with van der Waals surface area (Å²) >= 11 is 0. The van der Waals surface area contributed by atoms with Crippen molar-refractivity contribution in [2.24, 2.45) is 0 Å². The van der Waals surface area contributed by atoms with Gasteiger partial charge in [0, 0.05) is 5.56 Å². The van der Waals surface area contributed by atoms with E-state index < -0.39 is 0 Å². The Morgan fingerprint density at radius 3 is 2.93 bits per heavy atom. The van der Waals surface area contributed by atoms with Gasteiger partial charge in [0.2, 0.25) is 0 Å². The molecule has 1 aromatic carbocycles. The fraction of sp³-hybridized carbons (Fsp3) is 0.200. The molecule has 0 fully saturated rings.